The molecule has 2 aromatic rings. The summed E-state index contributed by atoms with van der Waals surface area (Å²) in [4.78, 5) is 11.4. The fourth-order valence-corrected chi connectivity index (χ4v) is 3.11. The first-order chi connectivity index (χ1) is 12.4. The summed E-state index contributed by atoms with van der Waals surface area (Å²) in [5.41, 5.74) is 4.35. The number of nitrogens with zero attached hydrogens (tertiary/aromatic N) is 1. The van der Waals surface area contributed by atoms with Crippen LogP contribution < -0.4 is 10.1 Å². The van der Waals surface area contributed by atoms with E-state index in [-0.39, 0.29) is 18.0 Å². The molecule has 0 atom stereocenters. The second kappa shape index (κ2) is 9.12. The van der Waals surface area contributed by atoms with Crippen molar-refractivity contribution in [3.63, 3.8) is 0 Å². The molecule has 0 radical (unpaired) electrons. The van der Waals surface area contributed by atoms with E-state index in [1.807, 2.05) is 30.3 Å². The third-order valence-corrected chi connectivity index (χ3v) is 4.90. The van der Waals surface area contributed by atoms with Crippen molar-refractivity contribution in [2.24, 2.45) is 5.10 Å². The fraction of sp³-hybridized carbons (Fsp3) is 0.222. The zero-order chi connectivity index (χ0) is 19.0. The van der Waals surface area contributed by atoms with Gasteiger partial charge in [-0.05, 0) is 37.1 Å². The Balaban J connectivity index is 2.03. The number of hydrogen-bond donors (Lipinski definition) is 2. The van der Waals surface area contributed by atoms with Crippen LogP contribution in [-0.2, 0) is 21.3 Å². The van der Waals surface area contributed by atoms with Crippen LogP contribution in [0.4, 0.5) is 4.79 Å². The first-order valence-corrected chi connectivity index (χ1v) is 9.52. The van der Waals surface area contributed by atoms with Gasteiger partial charge in [0.2, 0.25) is 10.0 Å². The Kier molecular flexibility index (Phi) is 6.88. The van der Waals surface area contributed by atoms with Gasteiger partial charge < -0.3 is 4.74 Å². The highest BCUT2D eigenvalue weighted by Gasteiger charge is 2.13. The van der Waals surface area contributed by atoms with Crippen LogP contribution in [0.3, 0.4) is 0 Å². The molecule has 0 unspecified atom stereocenters. The molecule has 26 heavy (non-hydrogen) atoms. The summed E-state index contributed by atoms with van der Waals surface area (Å²) in [6.07, 6.45) is -0.642. The predicted octanol–water partition coefficient (Wildman–Crippen LogP) is 2.64. The zero-order valence-electron chi connectivity index (χ0n) is 14.6. The van der Waals surface area contributed by atoms with Gasteiger partial charge in [-0.2, -0.15) is 5.10 Å². The molecule has 0 fully saturated rings. The molecule has 0 bridgehead atoms. The minimum absolute atomic E-state index is 0.156. The number of carbonyl (C=O) groups is 1. The van der Waals surface area contributed by atoms with Crippen LogP contribution in [0.25, 0.3) is 0 Å². The van der Waals surface area contributed by atoms with Crippen LogP contribution in [0.15, 0.2) is 64.6 Å². The summed E-state index contributed by atoms with van der Waals surface area (Å²) in [7, 11) is -3.61. The third-order valence-electron chi connectivity index (χ3n) is 3.48. The van der Waals surface area contributed by atoms with Gasteiger partial charge in [-0.25, -0.2) is 23.4 Å². The molecule has 0 aliphatic carbocycles. The smallest absolute Gasteiger partial charge is 0.427 e. The molecule has 0 aliphatic heterocycles. The Morgan fingerprint density at radius 2 is 1.73 bits per heavy atom. The Morgan fingerprint density at radius 3 is 2.35 bits per heavy atom. The van der Waals surface area contributed by atoms with Gasteiger partial charge in [-0.1, -0.05) is 42.5 Å². The molecule has 2 N–H and O–H groups in total. The van der Waals surface area contributed by atoms with Crippen molar-refractivity contribution in [2.75, 3.05) is 6.61 Å². The number of ether oxygens (including phenoxy) is 1. The molecule has 7 nitrogen and oxygen atoms in total. The van der Waals surface area contributed by atoms with Crippen molar-refractivity contribution in [1.29, 1.82) is 0 Å². The second-order valence-electron chi connectivity index (χ2n) is 5.36. The second-order valence-corrected chi connectivity index (χ2v) is 7.13. The highest BCUT2D eigenvalue weighted by Crippen LogP contribution is 2.12. The number of hydrazone groups is 1. The molecule has 0 heterocycles. The van der Waals surface area contributed by atoms with E-state index in [2.05, 4.69) is 15.2 Å². The van der Waals surface area contributed by atoms with Gasteiger partial charge in [-0.15, -0.1) is 0 Å². The van der Waals surface area contributed by atoms with Crippen LogP contribution in [-0.4, -0.2) is 26.8 Å². The van der Waals surface area contributed by atoms with E-state index in [9.17, 15) is 13.2 Å². The number of hydrogen-bond acceptors (Lipinski definition) is 5. The lowest BCUT2D eigenvalue weighted by atomic mass is 10.1. The zero-order valence-corrected chi connectivity index (χ0v) is 15.4. The van der Waals surface area contributed by atoms with Crippen LogP contribution in [0, 0.1) is 0 Å². The van der Waals surface area contributed by atoms with E-state index < -0.39 is 16.1 Å². The molecule has 0 saturated carbocycles. The predicted molar refractivity (Wildman–Crippen MR) is 99.3 cm³/mol. The Morgan fingerprint density at radius 1 is 1.08 bits per heavy atom. The molecule has 2 aromatic carbocycles. The van der Waals surface area contributed by atoms with Crippen molar-refractivity contribution in [2.45, 2.75) is 25.3 Å². The summed E-state index contributed by atoms with van der Waals surface area (Å²) < 4.78 is 32.0. The lowest BCUT2D eigenvalue weighted by Gasteiger charge is -2.08. The monoisotopic (exact) mass is 375 g/mol. The molecule has 1 amide bonds. The fourth-order valence-electron chi connectivity index (χ4n) is 2.09. The molecular formula is C18H21N3O4S. The Bertz CT molecular complexity index is 863. The van der Waals surface area contributed by atoms with E-state index >= 15 is 0 Å². The van der Waals surface area contributed by atoms with E-state index in [4.69, 9.17) is 4.74 Å². The molecule has 0 saturated heterocycles. The molecule has 0 aliphatic rings. The molecule has 8 heteroatoms. The van der Waals surface area contributed by atoms with E-state index in [1.54, 1.807) is 26.0 Å². The van der Waals surface area contributed by atoms with Crippen molar-refractivity contribution >= 4 is 21.8 Å². The van der Waals surface area contributed by atoms with Gasteiger partial charge >= 0.3 is 6.09 Å². The number of nitrogens with one attached hydrogen (secondary N) is 2. The van der Waals surface area contributed by atoms with Crippen LogP contribution in [0.1, 0.15) is 25.0 Å². The van der Waals surface area contributed by atoms with Gasteiger partial charge in [0, 0.05) is 6.54 Å². The minimum Gasteiger partial charge on any atom is -0.449 e. The van der Waals surface area contributed by atoms with E-state index in [0.29, 0.717) is 11.3 Å². The summed E-state index contributed by atoms with van der Waals surface area (Å²) in [5, 5.41) is 3.91. The van der Waals surface area contributed by atoms with Crippen molar-refractivity contribution in [3.8, 4) is 0 Å². The lowest BCUT2D eigenvalue weighted by molar-refractivity contribution is 0.152. The highest BCUT2D eigenvalue weighted by atomic mass is 32.2. The molecule has 0 spiro atoms. The first-order valence-electron chi connectivity index (χ1n) is 8.03. The van der Waals surface area contributed by atoms with Gasteiger partial charge in [-0.3, -0.25) is 0 Å². The van der Waals surface area contributed by atoms with E-state index in [1.165, 1.54) is 12.1 Å². The maximum Gasteiger partial charge on any atom is 0.427 e. The quantitative estimate of drug-likeness (QED) is 0.574. The van der Waals surface area contributed by atoms with Crippen molar-refractivity contribution in [3.05, 3.63) is 65.7 Å². The number of benzene rings is 2. The summed E-state index contributed by atoms with van der Waals surface area (Å²) in [6.45, 7) is 3.86. The van der Waals surface area contributed by atoms with Crippen LogP contribution >= 0.6 is 0 Å². The van der Waals surface area contributed by atoms with Crippen LogP contribution in [0.5, 0.6) is 0 Å². The SMILES string of the molecule is CCOC(=O)N/N=C(/C)c1ccc(S(=O)(=O)NCc2ccccc2)cc1. The van der Waals surface area contributed by atoms with E-state index in [0.717, 1.165) is 5.56 Å². The van der Waals surface area contributed by atoms with Gasteiger partial charge in [0.25, 0.3) is 0 Å². The Hall–Kier alpha value is -2.71. The van der Waals surface area contributed by atoms with Gasteiger partial charge in [0.15, 0.2) is 0 Å². The molecule has 138 valence electrons. The van der Waals surface area contributed by atoms with Crippen LogP contribution in [0.2, 0.25) is 0 Å². The average molecular weight is 375 g/mol. The number of amides is 1. The minimum atomic E-state index is -3.61. The van der Waals surface area contributed by atoms with Gasteiger partial charge in [0.05, 0.1) is 17.2 Å². The largest absolute Gasteiger partial charge is 0.449 e. The third kappa shape index (κ3) is 5.68. The molecule has 0 aromatic heterocycles. The number of rotatable bonds is 7. The Labute approximate surface area is 153 Å². The van der Waals surface area contributed by atoms with Crippen molar-refractivity contribution < 1.29 is 17.9 Å². The topological polar surface area (TPSA) is 96.9 Å². The number of sulfonamides is 1. The number of carbonyl (C=O) groups excluding carboxylic acids is 1. The first kappa shape index (κ1) is 19.6. The van der Waals surface area contributed by atoms with Gasteiger partial charge in [0.1, 0.15) is 0 Å². The highest BCUT2D eigenvalue weighted by molar-refractivity contribution is 7.89. The summed E-state index contributed by atoms with van der Waals surface area (Å²) in [6, 6.07) is 15.5. The maximum atomic E-state index is 12.4. The summed E-state index contributed by atoms with van der Waals surface area (Å²) in [5.74, 6) is 0. The standard InChI is InChI=1S/C18H21N3O4S/c1-3-25-18(22)21-20-14(2)16-9-11-17(12-10-16)26(23,24)19-13-15-7-5-4-6-8-15/h4-12,19H,3,13H2,1-2H3,(H,21,22)/b20-14-. The van der Waals surface area contributed by atoms with Crippen molar-refractivity contribution in [1.82, 2.24) is 10.1 Å². The normalized spacial score (nSPS) is 11.8. The average Bonchev–Trinajstić information content (AvgIpc) is 2.66. The maximum absolute atomic E-state index is 12.4. The molecular weight excluding hydrogens is 354 g/mol. The molecule has 2 rings (SSSR count). The summed E-state index contributed by atoms with van der Waals surface area (Å²) >= 11 is 0. The lowest BCUT2D eigenvalue weighted by Crippen LogP contribution is -2.23.